The molecule has 0 saturated carbocycles. The molecule has 1 aromatic carbocycles. The van der Waals surface area contributed by atoms with Gasteiger partial charge in [0.1, 0.15) is 17.3 Å². The van der Waals surface area contributed by atoms with Crippen LogP contribution in [0.3, 0.4) is 0 Å². The highest BCUT2D eigenvalue weighted by Crippen LogP contribution is 2.50. The normalized spacial score (nSPS) is 16.5. The summed E-state index contributed by atoms with van der Waals surface area (Å²) in [5.41, 5.74) is 4.36. The molecule has 0 aliphatic carbocycles. The van der Waals surface area contributed by atoms with Crippen LogP contribution < -0.4 is 19.9 Å². The average Bonchev–Trinajstić information content (AvgIpc) is 3.03. The molecule has 2 aromatic rings. The van der Waals surface area contributed by atoms with Gasteiger partial charge in [-0.15, -0.1) is 5.10 Å². The molecule has 1 atom stereocenters. The highest BCUT2D eigenvalue weighted by molar-refractivity contribution is 5.61. The second kappa shape index (κ2) is 6.18. The standard InChI is InChI=1S/C16H13F3N4O3/c1-24-9-5-3-4-7(12(9)25-2)10-8(6-20)14(21)26-15-11(10)13(22-23-15)16(17,18)19/h3-5,10H,21H2,1-2H3,(H,22,23)/t10-/m0/s1. The van der Waals surface area contributed by atoms with Crippen LogP contribution in [0.25, 0.3) is 0 Å². The fourth-order valence-corrected chi connectivity index (χ4v) is 2.91. The number of rotatable bonds is 3. The molecule has 0 unspecified atom stereocenters. The number of H-pyrrole nitrogens is 1. The Kier molecular flexibility index (Phi) is 4.15. The number of aromatic amines is 1. The van der Waals surface area contributed by atoms with Crippen LogP contribution in [0.5, 0.6) is 17.4 Å². The highest BCUT2D eigenvalue weighted by Gasteiger charge is 2.45. The first-order chi connectivity index (χ1) is 12.3. The molecule has 0 saturated heterocycles. The number of nitrogens with one attached hydrogen (secondary N) is 1. The van der Waals surface area contributed by atoms with E-state index in [0.717, 1.165) is 0 Å². The number of hydrogen-bond acceptors (Lipinski definition) is 6. The Morgan fingerprint density at radius 1 is 1.31 bits per heavy atom. The van der Waals surface area contributed by atoms with E-state index >= 15 is 0 Å². The molecule has 1 aromatic heterocycles. The van der Waals surface area contributed by atoms with Crippen molar-refractivity contribution in [3.05, 3.63) is 46.5 Å². The van der Waals surface area contributed by atoms with Gasteiger partial charge in [0.05, 0.1) is 25.7 Å². The summed E-state index contributed by atoms with van der Waals surface area (Å²) in [5.74, 6) is -1.38. The van der Waals surface area contributed by atoms with E-state index in [1.165, 1.54) is 20.3 Å². The van der Waals surface area contributed by atoms with Crippen molar-refractivity contribution in [1.82, 2.24) is 10.2 Å². The van der Waals surface area contributed by atoms with E-state index in [2.05, 4.69) is 5.10 Å². The maximum atomic E-state index is 13.4. The number of allylic oxidation sites excluding steroid dienone is 1. The molecule has 0 fully saturated rings. The number of ether oxygens (including phenoxy) is 3. The Morgan fingerprint density at radius 2 is 2.04 bits per heavy atom. The molecular formula is C16H13F3N4O3. The van der Waals surface area contributed by atoms with Gasteiger partial charge in [-0.2, -0.15) is 18.4 Å². The van der Waals surface area contributed by atoms with E-state index < -0.39 is 17.8 Å². The number of benzene rings is 1. The lowest BCUT2D eigenvalue weighted by Gasteiger charge is -2.26. The van der Waals surface area contributed by atoms with Gasteiger partial charge in [-0.25, -0.2) is 0 Å². The molecule has 10 heteroatoms. The zero-order chi connectivity index (χ0) is 19.1. The van der Waals surface area contributed by atoms with Crippen LogP contribution in [0.1, 0.15) is 22.7 Å². The Balaban J connectivity index is 2.34. The number of para-hydroxylation sites is 1. The quantitative estimate of drug-likeness (QED) is 0.865. The summed E-state index contributed by atoms with van der Waals surface area (Å²) in [6, 6.07) is 6.51. The molecule has 1 aliphatic rings. The van der Waals surface area contributed by atoms with Crippen LogP contribution in [-0.4, -0.2) is 24.4 Å². The van der Waals surface area contributed by atoms with E-state index in [-0.39, 0.29) is 34.2 Å². The summed E-state index contributed by atoms with van der Waals surface area (Å²) in [6.45, 7) is 0. The first-order valence-electron chi connectivity index (χ1n) is 7.27. The molecule has 0 bridgehead atoms. The monoisotopic (exact) mass is 366 g/mol. The van der Waals surface area contributed by atoms with E-state index in [9.17, 15) is 18.4 Å². The number of nitrogens with zero attached hydrogens (tertiary/aromatic N) is 2. The second-order valence-corrected chi connectivity index (χ2v) is 5.32. The average molecular weight is 366 g/mol. The third-order valence-electron chi connectivity index (χ3n) is 3.97. The molecule has 7 nitrogen and oxygen atoms in total. The molecule has 1 aliphatic heterocycles. The largest absolute Gasteiger partial charge is 0.493 e. The van der Waals surface area contributed by atoms with Crippen molar-refractivity contribution in [2.24, 2.45) is 5.73 Å². The van der Waals surface area contributed by atoms with Crippen molar-refractivity contribution in [3.63, 3.8) is 0 Å². The van der Waals surface area contributed by atoms with Crippen LogP contribution >= 0.6 is 0 Å². The van der Waals surface area contributed by atoms with Gasteiger partial charge in [0.25, 0.3) is 0 Å². The third kappa shape index (κ3) is 2.57. The van der Waals surface area contributed by atoms with Crippen LogP contribution in [0.15, 0.2) is 29.7 Å². The lowest BCUT2D eigenvalue weighted by Crippen LogP contribution is -2.23. The number of nitriles is 1. The van der Waals surface area contributed by atoms with E-state index in [1.807, 2.05) is 11.2 Å². The summed E-state index contributed by atoms with van der Waals surface area (Å²) in [7, 11) is 2.74. The maximum Gasteiger partial charge on any atom is 0.433 e. The van der Waals surface area contributed by atoms with Gasteiger partial charge < -0.3 is 19.9 Å². The number of hydrogen-bond donors (Lipinski definition) is 2. The van der Waals surface area contributed by atoms with Gasteiger partial charge in [-0.3, -0.25) is 5.10 Å². The predicted octanol–water partition coefficient (Wildman–Crippen LogP) is 2.66. The first kappa shape index (κ1) is 17.5. The van der Waals surface area contributed by atoms with Crippen LogP contribution in [0, 0.1) is 11.3 Å². The molecular weight excluding hydrogens is 353 g/mol. The van der Waals surface area contributed by atoms with Crippen molar-refractivity contribution < 1.29 is 27.4 Å². The Bertz CT molecular complexity index is 928. The number of methoxy groups -OCH3 is 2. The molecule has 3 rings (SSSR count). The third-order valence-corrected chi connectivity index (χ3v) is 3.97. The van der Waals surface area contributed by atoms with Gasteiger partial charge >= 0.3 is 6.18 Å². The van der Waals surface area contributed by atoms with Crippen LogP contribution in [0.4, 0.5) is 13.2 Å². The molecule has 0 amide bonds. The molecule has 0 radical (unpaired) electrons. The molecule has 0 spiro atoms. The number of aromatic nitrogens is 2. The van der Waals surface area contributed by atoms with Crippen molar-refractivity contribution >= 4 is 0 Å². The number of halogens is 3. The molecule has 26 heavy (non-hydrogen) atoms. The second-order valence-electron chi connectivity index (χ2n) is 5.32. The number of fused-ring (bicyclic) bond motifs is 1. The zero-order valence-electron chi connectivity index (χ0n) is 13.6. The van der Waals surface area contributed by atoms with Gasteiger partial charge in [-0.1, -0.05) is 12.1 Å². The maximum absolute atomic E-state index is 13.4. The van der Waals surface area contributed by atoms with Crippen molar-refractivity contribution in [1.29, 1.82) is 5.26 Å². The number of nitrogens with two attached hydrogens (primary N) is 1. The first-order valence-corrected chi connectivity index (χ1v) is 7.27. The van der Waals surface area contributed by atoms with Gasteiger partial charge in [-0.05, 0) is 6.07 Å². The van der Waals surface area contributed by atoms with Gasteiger partial charge in [0, 0.05) is 5.56 Å². The van der Waals surface area contributed by atoms with Crippen molar-refractivity contribution in [2.45, 2.75) is 12.1 Å². The minimum Gasteiger partial charge on any atom is -0.493 e. The Labute approximate surface area is 145 Å². The fourth-order valence-electron chi connectivity index (χ4n) is 2.91. The lowest BCUT2D eigenvalue weighted by atomic mass is 9.83. The summed E-state index contributed by atoms with van der Waals surface area (Å²) >= 11 is 0. The molecule has 2 heterocycles. The lowest BCUT2D eigenvalue weighted by molar-refractivity contribution is -0.141. The Morgan fingerprint density at radius 3 is 2.62 bits per heavy atom. The molecule has 3 N–H and O–H groups in total. The zero-order valence-corrected chi connectivity index (χ0v) is 13.6. The smallest absolute Gasteiger partial charge is 0.433 e. The Hall–Kier alpha value is -3.35. The number of alkyl halides is 3. The van der Waals surface area contributed by atoms with E-state index in [1.54, 1.807) is 12.1 Å². The summed E-state index contributed by atoms with van der Waals surface area (Å²) in [6.07, 6.45) is -4.74. The fraction of sp³-hybridized carbons (Fsp3) is 0.250. The summed E-state index contributed by atoms with van der Waals surface area (Å²) in [4.78, 5) is 0. The summed E-state index contributed by atoms with van der Waals surface area (Å²) in [5, 5.41) is 15.0. The SMILES string of the molecule is COc1cccc([C@H]2C(C#N)=C(N)Oc3n[nH]c(C(F)(F)F)c32)c1OC. The van der Waals surface area contributed by atoms with Crippen molar-refractivity contribution in [3.8, 4) is 23.4 Å². The van der Waals surface area contributed by atoms with Crippen molar-refractivity contribution in [2.75, 3.05) is 14.2 Å². The highest BCUT2D eigenvalue weighted by atomic mass is 19.4. The van der Waals surface area contributed by atoms with Gasteiger partial charge in [0.15, 0.2) is 11.5 Å². The van der Waals surface area contributed by atoms with Crippen LogP contribution in [-0.2, 0) is 6.18 Å². The van der Waals surface area contributed by atoms with E-state index in [4.69, 9.17) is 19.9 Å². The van der Waals surface area contributed by atoms with Crippen LogP contribution in [0.2, 0.25) is 0 Å². The minimum absolute atomic E-state index is 0.183. The minimum atomic E-state index is -4.74. The molecule has 136 valence electrons. The van der Waals surface area contributed by atoms with Gasteiger partial charge in [0.2, 0.25) is 11.8 Å². The summed E-state index contributed by atoms with van der Waals surface area (Å²) < 4.78 is 56.0. The predicted molar refractivity (Wildman–Crippen MR) is 82.4 cm³/mol. The topological polar surface area (TPSA) is 106 Å². The van der Waals surface area contributed by atoms with E-state index in [0.29, 0.717) is 5.75 Å².